The molecular weight excluding hydrogens is 352 g/mol. The largest absolute Gasteiger partial charge is 0.426 e. The van der Waals surface area contributed by atoms with Crippen LogP contribution in [0, 0.1) is 0 Å². The Balaban J connectivity index is 2.06. The number of hydrogen-bond donors (Lipinski definition) is 0. The maximum absolute atomic E-state index is 12.4. The van der Waals surface area contributed by atoms with Crippen molar-refractivity contribution in [3.05, 3.63) is 47.5 Å². The van der Waals surface area contributed by atoms with Crippen molar-refractivity contribution in [1.29, 1.82) is 0 Å². The van der Waals surface area contributed by atoms with Gasteiger partial charge in [0.1, 0.15) is 11.5 Å². The van der Waals surface area contributed by atoms with Crippen molar-refractivity contribution < 1.29 is 19.1 Å². The van der Waals surface area contributed by atoms with Gasteiger partial charge in [-0.1, -0.05) is 63.1 Å². The van der Waals surface area contributed by atoms with Crippen LogP contribution < -0.4 is 9.47 Å². The van der Waals surface area contributed by atoms with Crippen LogP contribution in [0.3, 0.4) is 0 Å². The molecule has 4 nitrogen and oxygen atoms in total. The molecular formula is C24H28O4. The second kappa shape index (κ2) is 9.54. The van der Waals surface area contributed by atoms with Gasteiger partial charge in [0.2, 0.25) is 0 Å². The molecule has 1 aliphatic carbocycles. The molecule has 0 aliphatic heterocycles. The van der Waals surface area contributed by atoms with Crippen LogP contribution in [0.2, 0.25) is 0 Å². The predicted molar refractivity (Wildman–Crippen MR) is 111 cm³/mol. The highest BCUT2D eigenvalue weighted by molar-refractivity contribution is 5.99. The third-order valence-electron chi connectivity index (χ3n) is 5.04. The van der Waals surface area contributed by atoms with Crippen LogP contribution in [0.1, 0.15) is 63.5 Å². The summed E-state index contributed by atoms with van der Waals surface area (Å²) in [6.45, 7) is 4.11. The highest BCUT2D eigenvalue weighted by Gasteiger charge is 2.24. The van der Waals surface area contributed by atoms with Crippen molar-refractivity contribution in [3.8, 4) is 11.5 Å². The van der Waals surface area contributed by atoms with Gasteiger partial charge in [-0.2, -0.15) is 0 Å². The van der Waals surface area contributed by atoms with E-state index < -0.39 is 0 Å². The van der Waals surface area contributed by atoms with E-state index in [-0.39, 0.29) is 11.9 Å². The highest BCUT2D eigenvalue weighted by Crippen LogP contribution is 2.43. The Kier molecular flexibility index (Phi) is 6.85. The van der Waals surface area contributed by atoms with Gasteiger partial charge in [-0.15, -0.1) is 0 Å². The molecule has 28 heavy (non-hydrogen) atoms. The molecule has 2 aromatic carbocycles. The van der Waals surface area contributed by atoms with Crippen LogP contribution >= 0.6 is 0 Å². The number of carbonyl (C=O) groups is 2. The van der Waals surface area contributed by atoms with Crippen LogP contribution in [0.4, 0.5) is 0 Å². The van der Waals surface area contributed by atoms with Gasteiger partial charge in [0.25, 0.3) is 0 Å². The number of allylic oxidation sites excluding steroid dienone is 2. The summed E-state index contributed by atoms with van der Waals surface area (Å²) in [5.41, 5.74) is 1.90. The minimum absolute atomic E-state index is 0.212. The number of esters is 2. The van der Waals surface area contributed by atoms with Gasteiger partial charge in [-0.05, 0) is 25.7 Å². The van der Waals surface area contributed by atoms with E-state index in [1.54, 1.807) is 0 Å². The first-order valence-corrected chi connectivity index (χ1v) is 10.3. The fourth-order valence-corrected chi connectivity index (χ4v) is 3.52. The van der Waals surface area contributed by atoms with Crippen molar-refractivity contribution in [2.24, 2.45) is 0 Å². The van der Waals surface area contributed by atoms with Crippen molar-refractivity contribution in [3.63, 3.8) is 0 Å². The Hall–Kier alpha value is -2.62. The monoisotopic (exact) mass is 380 g/mol. The van der Waals surface area contributed by atoms with E-state index in [1.807, 2.05) is 24.3 Å². The van der Waals surface area contributed by atoms with E-state index in [2.05, 4.69) is 26.0 Å². The van der Waals surface area contributed by atoms with Gasteiger partial charge in [0.15, 0.2) is 0 Å². The smallest absolute Gasteiger partial charge is 0.311 e. The molecule has 0 radical (unpaired) electrons. The average molecular weight is 380 g/mol. The Morgan fingerprint density at radius 1 is 0.786 bits per heavy atom. The average Bonchev–Trinajstić information content (AvgIpc) is 2.73. The lowest BCUT2D eigenvalue weighted by Crippen LogP contribution is -2.15. The summed E-state index contributed by atoms with van der Waals surface area (Å²) in [5, 5.41) is 1.64. The van der Waals surface area contributed by atoms with Crippen molar-refractivity contribution in [2.75, 3.05) is 0 Å². The lowest BCUT2D eigenvalue weighted by Gasteiger charge is -2.22. The summed E-state index contributed by atoms with van der Waals surface area (Å²) >= 11 is 0. The lowest BCUT2D eigenvalue weighted by molar-refractivity contribution is -0.135. The summed E-state index contributed by atoms with van der Waals surface area (Å²) in [6.07, 6.45) is 9.80. The van der Waals surface area contributed by atoms with Crippen molar-refractivity contribution in [1.82, 2.24) is 0 Å². The first-order valence-electron chi connectivity index (χ1n) is 10.3. The van der Waals surface area contributed by atoms with E-state index in [9.17, 15) is 9.59 Å². The molecule has 0 aromatic heterocycles. The number of hydrogen-bond acceptors (Lipinski definition) is 4. The van der Waals surface area contributed by atoms with Gasteiger partial charge in [0.05, 0.1) is 0 Å². The first kappa shape index (κ1) is 20.1. The molecule has 0 fully saturated rings. The fraction of sp³-hybridized carbons (Fsp3) is 0.417. The van der Waals surface area contributed by atoms with Gasteiger partial charge < -0.3 is 9.47 Å². The van der Waals surface area contributed by atoms with E-state index in [4.69, 9.17) is 9.47 Å². The van der Waals surface area contributed by atoms with Crippen LogP contribution in [0.5, 0.6) is 11.5 Å². The van der Waals surface area contributed by atoms with Crippen LogP contribution in [0.25, 0.3) is 10.8 Å². The molecule has 0 bridgehead atoms. The standard InChI is InChI=1S/C24H28O4/c1-3-5-15-21(25)27-23-17-11-7-9-13-19(17)24(28-22(26)16-6-4-2)20-14-10-8-12-18(20)23/h7-11,13H,3-6,12,14-16H2,1-2H3. The third-order valence-corrected chi connectivity index (χ3v) is 5.04. The van der Waals surface area contributed by atoms with E-state index in [1.165, 1.54) is 0 Å². The topological polar surface area (TPSA) is 52.6 Å². The molecule has 0 heterocycles. The lowest BCUT2D eigenvalue weighted by atomic mass is 9.90. The maximum atomic E-state index is 12.4. The molecule has 0 unspecified atom stereocenters. The predicted octanol–water partition coefficient (Wildman–Crippen LogP) is 5.69. The second-order valence-electron chi connectivity index (χ2n) is 7.20. The fourth-order valence-electron chi connectivity index (χ4n) is 3.52. The normalized spacial score (nSPS) is 12.6. The molecule has 0 atom stereocenters. The van der Waals surface area contributed by atoms with Crippen molar-refractivity contribution in [2.45, 2.75) is 65.2 Å². The van der Waals surface area contributed by atoms with E-state index in [0.29, 0.717) is 37.2 Å². The Bertz CT molecular complexity index is 823. The third kappa shape index (κ3) is 4.44. The number of carbonyl (C=O) groups excluding carboxylic acids is 2. The quantitative estimate of drug-likeness (QED) is 0.335. The minimum atomic E-state index is -0.212. The highest BCUT2D eigenvalue weighted by atomic mass is 16.5. The van der Waals surface area contributed by atoms with Crippen LogP contribution in [0.15, 0.2) is 36.4 Å². The Morgan fingerprint density at radius 2 is 1.21 bits per heavy atom. The zero-order valence-electron chi connectivity index (χ0n) is 16.8. The number of ether oxygens (including phenoxy) is 2. The van der Waals surface area contributed by atoms with Gasteiger partial charge in [-0.25, -0.2) is 0 Å². The zero-order chi connectivity index (χ0) is 19.9. The van der Waals surface area contributed by atoms with Crippen molar-refractivity contribution >= 4 is 22.7 Å². The molecule has 4 heteroatoms. The van der Waals surface area contributed by atoms with Crippen LogP contribution in [-0.2, 0) is 22.4 Å². The summed E-state index contributed by atoms with van der Waals surface area (Å²) in [7, 11) is 0. The van der Waals surface area contributed by atoms with Crippen LogP contribution in [-0.4, -0.2) is 11.9 Å². The summed E-state index contributed by atoms with van der Waals surface area (Å²) in [5.74, 6) is 0.807. The Labute approximate surface area is 166 Å². The SMILES string of the molecule is CCCCC(=O)Oc1c2c(c(OC(=O)CCCC)c3ccccc13)CC=CC2. The number of fused-ring (bicyclic) bond motifs is 2. The molecule has 0 saturated heterocycles. The Morgan fingerprint density at radius 3 is 1.61 bits per heavy atom. The molecule has 0 N–H and O–H groups in total. The summed E-state index contributed by atoms with van der Waals surface area (Å²) in [4.78, 5) is 24.7. The van der Waals surface area contributed by atoms with E-state index in [0.717, 1.165) is 47.6 Å². The van der Waals surface area contributed by atoms with Gasteiger partial charge >= 0.3 is 11.9 Å². The molecule has 0 spiro atoms. The number of unbranched alkanes of at least 4 members (excludes halogenated alkanes) is 2. The molecule has 2 aromatic rings. The molecule has 148 valence electrons. The number of rotatable bonds is 8. The first-order chi connectivity index (χ1) is 13.7. The number of benzene rings is 2. The molecule has 0 saturated carbocycles. The molecule has 0 amide bonds. The summed E-state index contributed by atoms with van der Waals surface area (Å²) < 4.78 is 11.7. The van der Waals surface area contributed by atoms with Gasteiger partial charge in [0, 0.05) is 34.7 Å². The van der Waals surface area contributed by atoms with Gasteiger partial charge in [-0.3, -0.25) is 9.59 Å². The zero-order valence-corrected chi connectivity index (χ0v) is 16.8. The minimum Gasteiger partial charge on any atom is -0.426 e. The maximum Gasteiger partial charge on any atom is 0.311 e. The molecule has 1 aliphatic rings. The second-order valence-corrected chi connectivity index (χ2v) is 7.20. The van der Waals surface area contributed by atoms with E-state index >= 15 is 0 Å². The molecule has 3 rings (SSSR count). The summed E-state index contributed by atoms with van der Waals surface area (Å²) in [6, 6.07) is 7.69.